The molecule has 5 nitrogen and oxygen atoms in total. The number of carbonyl (C=O) groups excluding carboxylic acids is 1. The van der Waals surface area contributed by atoms with Crippen molar-refractivity contribution in [3.63, 3.8) is 0 Å². The van der Waals surface area contributed by atoms with Gasteiger partial charge in [-0.15, -0.1) is 0 Å². The number of rotatable bonds is 5. The lowest BCUT2D eigenvalue weighted by Gasteiger charge is -2.27. The summed E-state index contributed by atoms with van der Waals surface area (Å²) in [6.07, 6.45) is 4.49. The molecule has 0 saturated carbocycles. The van der Waals surface area contributed by atoms with Crippen LogP contribution in [-0.4, -0.2) is 45.2 Å². The molecule has 1 aromatic carbocycles. The lowest BCUT2D eigenvalue weighted by atomic mass is 9.97. The molecule has 0 fully saturated rings. The number of nitrogens with zero attached hydrogens (tertiary/aromatic N) is 1. The standard InChI is InChI=1S/C19H25NO4/c1-13(2)10-18(21)20-8-6-14(7-9-20)19-16(23-4)11-15(22-3)12-17(19)24-5/h6,10-12H,7-9H2,1-5H3. The number of ether oxygens (including phenoxy) is 3. The zero-order chi connectivity index (χ0) is 17.7. The van der Waals surface area contributed by atoms with Gasteiger partial charge in [-0.05, 0) is 25.8 Å². The number of hydrogen-bond acceptors (Lipinski definition) is 4. The van der Waals surface area contributed by atoms with Crippen molar-refractivity contribution < 1.29 is 19.0 Å². The molecule has 0 spiro atoms. The zero-order valence-electron chi connectivity index (χ0n) is 15.0. The molecule has 1 amide bonds. The van der Waals surface area contributed by atoms with Crippen molar-refractivity contribution in [2.75, 3.05) is 34.4 Å². The second-order valence-electron chi connectivity index (χ2n) is 5.89. The van der Waals surface area contributed by atoms with E-state index in [1.807, 2.05) is 30.9 Å². The van der Waals surface area contributed by atoms with Gasteiger partial charge in [0.15, 0.2) is 0 Å². The highest BCUT2D eigenvalue weighted by atomic mass is 16.5. The van der Waals surface area contributed by atoms with Gasteiger partial charge in [-0.2, -0.15) is 0 Å². The highest BCUT2D eigenvalue weighted by Crippen LogP contribution is 2.40. The van der Waals surface area contributed by atoms with Crippen molar-refractivity contribution in [2.24, 2.45) is 0 Å². The summed E-state index contributed by atoms with van der Waals surface area (Å²) in [6.45, 7) is 5.11. The first-order valence-electron chi connectivity index (χ1n) is 7.93. The monoisotopic (exact) mass is 331 g/mol. The molecule has 1 aliphatic heterocycles. The van der Waals surface area contributed by atoms with Crippen molar-refractivity contribution >= 4 is 11.5 Å². The number of benzene rings is 1. The fourth-order valence-electron chi connectivity index (χ4n) is 2.76. The van der Waals surface area contributed by atoms with Gasteiger partial charge in [-0.1, -0.05) is 11.6 Å². The average molecular weight is 331 g/mol. The van der Waals surface area contributed by atoms with Crippen molar-refractivity contribution in [3.05, 3.63) is 35.4 Å². The molecule has 0 unspecified atom stereocenters. The van der Waals surface area contributed by atoms with Crippen LogP contribution in [0.2, 0.25) is 0 Å². The maximum Gasteiger partial charge on any atom is 0.246 e. The molecule has 0 N–H and O–H groups in total. The number of methoxy groups -OCH3 is 3. The highest BCUT2D eigenvalue weighted by Gasteiger charge is 2.22. The molecule has 0 saturated heterocycles. The van der Waals surface area contributed by atoms with E-state index < -0.39 is 0 Å². The van der Waals surface area contributed by atoms with Gasteiger partial charge in [0, 0.05) is 31.3 Å². The normalized spacial score (nSPS) is 13.9. The van der Waals surface area contributed by atoms with Crippen LogP contribution < -0.4 is 14.2 Å². The zero-order valence-corrected chi connectivity index (χ0v) is 15.0. The number of hydrogen-bond donors (Lipinski definition) is 0. The number of allylic oxidation sites excluding steroid dienone is 1. The van der Waals surface area contributed by atoms with E-state index in [0.29, 0.717) is 30.3 Å². The summed E-state index contributed by atoms with van der Waals surface area (Å²) in [5, 5.41) is 0. The predicted molar refractivity (Wildman–Crippen MR) is 94.7 cm³/mol. The Labute approximate surface area is 143 Å². The van der Waals surface area contributed by atoms with Gasteiger partial charge in [-0.3, -0.25) is 4.79 Å². The molecule has 0 atom stereocenters. The van der Waals surface area contributed by atoms with Crippen LogP contribution >= 0.6 is 0 Å². The van der Waals surface area contributed by atoms with Crippen LogP contribution in [0.15, 0.2) is 29.9 Å². The predicted octanol–water partition coefficient (Wildman–Crippen LogP) is 3.29. The molecule has 5 heteroatoms. The number of amides is 1. The molecule has 130 valence electrons. The van der Waals surface area contributed by atoms with E-state index in [-0.39, 0.29) is 5.91 Å². The van der Waals surface area contributed by atoms with E-state index in [9.17, 15) is 4.79 Å². The molecule has 0 aromatic heterocycles. The fourth-order valence-corrected chi connectivity index (χ4v) is 2.76. The van der Waals surface area contributed by atoms with Crippen molar-refractivity contribution in [1.82, 2.24) is 4.90 Å². The van der Waals surface area contributed by atoms with Gasteiger partial charge in [-0.25, -0.2) is 0 Å². The summed E-state index contributed by atoms with van der Waals surface area (Å²) in [7, 11) is 4.87. The molecule has 2 rings (SSSR count). The largest absolute Gasteiger partial charge is 0.496 e. The first-order chi connectivity index (χ1) is 11.5. The van der Waals surface area contributed by atoms with Crippen LogP contribution in [-0.2, 0) is 4.79 Å². The Kier molecular flexibility index (Phi) is 5.90. The molecule has 24 heavy (non-hydrogen) atoms. The van der Waals surface area contributed by atoms with Crippen molar-refractivity contribution in [1.29, 1.82) is 0 Å². The SMILES string of the molecule is COc1cc(OC)c(C2=CCN(C(=O)C=C(C)C)CC2)c(OC)c1. The van der Waals surface area contributed by atoms with E-state index in [1.54, 1.807) is 27.4 Å². The quantitative estimate of drug-likeness (QED) is 0.777. The highest BCUT2D eigenvalue weighted by molar-refractivity contribution is 5.89. The molecule has 0 aliphatic carbocycles. The minimum absolute atomic E-state index is 0.0546. The van der Waals surface area contributed by atoms with Crippen molar-refractivity contribution in [2.45, 2.75) is 20.3 Å². The first-order valence-corrected chi connectivity index (χ1v) is 7.93. The molecular formula is C19H25NO4. The van der Waals surface area contributed by atoms with Gasteiger partial charge >= 0.3 is 0 Å². The third kappa shape index (κ3) is 3.91. The Morgan fingerprint density at radius 2 is 1.71 bits per heavy atom. The lowest BCUT2D eigenvalue weighted by Crippen LogP contribution is -2.33. The Balaban J connectivity index is 2.31. The molecule has 0 radical (unpaired) electrons. The average Bonchev–Trinajstić information content (AvgIpc) is 2.59. The lowest BCUT2D eigenvalue weighted by molar-refractivity contribution is -0.125. The Morgan fingerprint density at radius 1 is 1.08 bits per heavy atom. The summed E-state index contributed by atoms with van der Waals surface area (Å²) in [6, 6.07) is 3.69. The topological polar surface area (TPSA) is 48.0 Å². The van der Waals surface area contributed by atoms with E-state index in [0.717, 1.165) is 23.1 Å². The summed E-state index contributed by atoms with van der Waals surface area (Å²) in [4.78, 5) is 14.0. The van der Waals surface area contributed by atoms with E-state index in [2.05, 4.69) is 6.08 Å². The summed E-state index contributed by atoms with van der Waals surface area (Å²) in [5.41, 5.74) is 3.05. The Hall–Kier alpha value is -2.43. The van der Waals surface area contributed by atoms with E-state index in [1.165, 1.54) is 0 Å². The Morgan fingerprint density at radius 3 is 2.12 bits per heavy atom. The molecule has 1 heterocycles. The van der Waals surface area contributed by atoms with E-state index >= 15 is 0 Å². The molecule has 1 aromatic rings. The third-order valence-corrected chi connectivity index (χ3v) is 3.97. The second kappa shape index (κ2) is 7.90. The van der Waals surface area contributed by atoms with Crippen LogP contribution in [0.3, 0.4) is 0 Å². The number of carbonyl (C=O) groups is 1. The second-order valence-corrected chi connectivity index (χ2v) is 5.89. The smallest absolute Gasteiger partial charge is 0.246 e. The first kappa shape index (κ1) is 17.9. The molecule has 0 bridgehead atoms. The van der Waals surface area contributed by atoms with Crippen LogP contribution in [0.4, 0.5) is 0 Å². The van der Waals surface area contributed by atoms with Gasteiger partial charge in [0.05, 0.1) is 26.9 Å². The maximum atomic E-state index is 12.1. The van der Waals surface area contributed by atoms with Crippen LogP contribution in [0.5, 0.6) is 17.2 Å². The fraction of sp³-hybridized carbons (Fsp3) is 0.421. The van der Waals surface area contributed by atoms with Gasteiger partial charge in [0.1, 0.15) is 17.2 Å². The third-order valence-electron chi connectivity index (χ3n) is 3.97. The van der Waals surface area contributed by atoms with E-state index in [4.69, 9.17) is 14.2 Å². The summed E-state index contributed by atoms with van der Waals surface area (Å²) < 4.78 is 16.3. The Bertz CT molecular complexity index is 647. The van der Waals surface area contributed by atoms with Crippen LogP contribution in [0.25, 0.3) is 5.57 Å². The van der Waals surface area contributed by atoms with Crippen LogP contribution in [0.1, 0.15) is 25.8 Å². The summed E-state index contributed by atoms with van der Waals surface area (Å²) >= 11 is 0. The van der Waals surface area contributed by atoms with Gasteiger partial charge < -0.3 is 19.1 Å². The molecular weight excluding hydrogens is 306 g/mol. The minimum atomic E-state index is 0.0546. The van der Waals surface area contributed by atoms with Crippen LogP contribution in [0, 0.1) is 0 Å². The van der Waals surface area contributed by atoms with Gasteiger partial charge in [0.25, 0.3) is 0 Å². The summed E-state index contributed by atoms with van der Waals surface area (Å²) in [5.74, 6) is 2.16. The minimum Gasteiger partial charge on any atom is -0.496 e. The molecule has 1 aliphatic rings. The van der Waals surface area contributed by atoms with Crippen molar-refractivity contribution in [3.8, 4) is 17.2 Å². The van der Waals surface area contributed by atoms with Gasteiger partial charge in [0.2, 0.25) is 5.91 Å². The maximum absolute atomic E-state index is 12.1.